The second-order valence-electron chi connectivity index (χ2n) is 6.24. The number of rotatable bonds is 10. The van der Waals surface area contributed by atoms with Gasteiger partial charge in [0, 0.05) is 24.4 Å². The van der Waals surface area contributed by atoms with E-state index in [4.69, 9.17) is 4.42 Å². The minimum Gasteiger partial charge on any atom is -0.479 e. The predicted molar refractivity (Wildman–Crippen MR) is 97.9 cm³/mol. The molecule has 2 heterocycles. The highest BCUT2D eigenvalue weighted by Gasteiger charge is 2.36. The summed E-state index contributed by atoms with van der Waals surface area (Å²) in [5.74, 6) is 0.0273. The summed E-state index contributed by atoms with van der Waals surface area (Å²) in [4.78, 5) is 15.8. The molecule has 25 heavy (non-hydrogen) atoms. The molecule has 0 radical (unpaired) electrons. The van der Waals surface area contributed by atoms with Gasteiger partial charge in [-0.1, -0.05) is 6.92 Å². The summed E-state index contributed by atoms with van der Waals surface area (Å²) in [6.45, 7) is 1.92. The maximum atomic E-state index is 11.5. The molecule has 0 aromatic carbocycles. The van der Waals surface area contributed by atoms with Gasteiger partial charge in [0.25, 0.3) is 0 Å². The molecule has 0 amide bonds. The number of aryl methyl sites for hydroxylation is 1. The number of carboxylic acid groups (broad SMARTS) is 1. The molecule has 2 atom stereocenters. The number of nitrogens with zero attached hydrogens (tertiary/aromatic N) is 1. The zero-order valence-corrected chi connectivity index (χ0v) is 15.4. The lowest BCUT2D eigenvalue weighted by atomic mass is 9.93. The topological polar surface area (TPSA) is 104 Å². The molecule has 2 aromatic rings. The number of pyridine rings is 1. The van der Waals surface area contributed by atoms with Crippen LogP contribution in [0.2, 0.25) is 0 Å². The molecule has 0 saturated heterocycles. The van der Waals surface area contributed by atoms with Crippen LogP contribution in [0.3, 0.4) is 0 Å². The molecule has 3 N–H and O–H groups in total. The first-order valence-electron chi connectivity index (χ1n) is 8.38. The lowest BCUT2D eigenvalue weighted by Crippen LogP contribution is -2.41. The SMILES string of the molecule is CCC(O)CCc1cc2c(CC(O)(CCSC)C(=O)O)nccc2o1. The molecule has 138 valence electrons. The number of furan rings is 1. The Morgan fingerprint density at radius 3 is 2.88 bits per heavy atom. The average molecular weight is 367 g/mol. The molecule has 0 aliphatic rings. The zero-order valence-electron chi connectivity index (χ0n) is 14.6. The number of carbonyl (C=O) groups is 1. The lowest BCUT2D eigenvalue weighted by Gasteiger charge is -2.22. The van der Waals surface area contributed by atoms with Gasteiger partial charge in [-0.2, -0.15) is 11.8 Å². The van der Waals surface area contributed by atoms with Crippen LogP contribution in [0.5, 0.6) is 0 Å². The number of aliphatic hydroxyl groups excluding tert-OH is 1. The first kappa shape index (κ1) is 19.8. The summed E-state index contributed by atoms with van der Waals surface area (Å²) in [5, 5.41) is 30.4. The number of hydrogen-bond donors (Lipinski definition) is 3. The van der Waals surface area contributed by atoms with E-state index in [1.807, 2.05) is 19.2 Å². The van der Waals surface area contributed by atoms with Crippen LogP contribution >= 0.6 is 11.8 Å². The first-order chi connectivity index (χ1) is 11.9. The molecule has 0 bridgehead atoms. The molecule has 6 nitrogen and oxygen atoms in total. The van der Waals surface area contributed by atoms with E-state index in [-0.39, 0.29) is 18.9 Å². The first-order valence-corrected chi connectivity index (χ1v) is 9.78. The third kappa shape index (κ3) is 4.96. The van der Waals surface area contributed by atoms with E-state index in [2.05, 4.69) is 4.98 Å². The van der Waals surface area contributed by atoms with Crippen LogP contribution in [0.15, 0.2) is 22.7 Å². The van der Waals surface area contributed by atoms with Gasteiger partial charge in [-0.25, -0.2) is 4.79 Å². The number of aliphatic carboxylic acids is 1. The minimum absolute atomic E-state index is 0.0726. The van der Waals surface area contributed by atoms with Gasteiger partial charge in [0.15, 0.2) is 5.60 Å². The van der Waals surface area contributed by atoms with Crippen LogP contribution in [0.25, 0.3) is 11.0 Å². The molecule has 0 spiro atoms. The van der Waals surface area contributed by atoms with Crippen LogP contribution < -0.4 is 0 Å². The maximum absolute atomic E-state index is 11.5. The van der Waals surface area contributed by atoms with Crippen molar-refractivity contribution < 1.29 is 24.5 Å². The fourth-order valence-corrected chi connectivity index (χ4v) is 3.21. The van der Waals surface area contributed by atoms with Gasteiger partial charge in [0.05, 0.1) is 11.8 Å². The second kappa shape index (κ2) is 8.69. The number of hydrogen-bond acceptors (Lipinski definition) is 6. The van der Waals surface area contributed by atoms with E-state index >= 15 is 0 Å². The number of thioether (sulfide) groups is 1. The Kier molecular flexibility index (Phi) is 6.87. The quantitative estimate of drug-likeness (QED) is 0.593. The van der Waals surface area contributed by atoms with Crippen molar-refractivity contribution in [2.24, 2.45) is 0 Å². The Hall–Kier alpha value is -1.57. The Labute approximate surface area is 151 Å². The van der Waals surface area contributed by atoms with E-state index in [0.717, 1.165) is 5.76 Å². The monoisotopic (exact) mass is 367 g/mol. The van der Waals surface area contributed by atoms with Crippen molar-refractivity contribution in [3.05, 3.63) is 29.8 Å². The van der Waals surface area contributed by atoms with E-state index in [1.54, 1.807) is 12.3 Å². The van der Waals surface area contributed by atoms with Crippen molar-refractivity contribution in [2.75, 3.05) is 12.0 Å². The third-order valence-electron chi connectivity index (χ3n) is 4.35. The van der Waals surface area contributed by atoms with Gasteiger partial charge in [-0.15, -0.1) is 0 Å². The smallest absolute Gasteiger partial charge is 0.336 e. The number of carboxylic acids is 1. The summed E-state index contributed by atoms with van der Waals surface area (Å²) in [7, 11) is 0. The minimum atomic E-state index is -1.85. The van der Waals surface area contributed by atoms with Crippen molar-refractivity contribution in [2.45, 2.75) is 50.7 Å². The Balaban J connectivity index is 2.25. The zero-order chi connectivity index (χ0) is 18.4. The molecule has 2 rings (SSSR count). The molecule has 0 fully saturated rings. The summed E-state index contributed by atoms with van der Waals surface area (Å²) < 4.78 is 5.78. The molecule has 0 aliphatic heterocycles. The predicted octanol–water partition coefficient (Wildman–Crippen LogP) is 2.64. The summed E-state index contributed by atoms with van der Waals surface area (Å²) >= 11 is 1.49. The van der Waals surface area contributed by atoms with E-state index < -0.39 is 11.6 Å². The third-order valence-corrected chi connectivity index (χ3v) is 4.96. The molecule has 0 saturated carbocycles. The Morgan fingerprint density at radius 2 is 2.24 bits per heavy atom. The standard InChI is InChI=1S/C18H25NO5S/c1-3-12(20)4-5-13-10-14-15(19-8-6-16(14)24-13)11-18(23,17(21)22)7-9-25-2/h6,8,10,12,20,23H,3-5,7,9,11H2,1-2H3,(H,21,22). The van der Waals surface area contributed by atoms with Crippen LogP contribution in [0, 0.1) is 0 Å². The van der Waals surface area contributed by atoms with Crippen molar-refractivity contribution in [1.82, 2.24) is 4.98 Å². The highest BCUT2D eigenvalue weighted by atomic mass is 32.2. The summed E-state index contributed by atoms with van der Waals surface area (Å²) in [5.41, 5.74) is -0.724. The Bertz CT molecular complexity index is 717. The fourth-order valence-electron chi connectivity index (χ4n) is 2.67. The fraction of sp³-hybridized carbons (Fsp3) is 0.556. The Morgan fingerprint density at radius 1 is 1.48 bits per heavy atom. The molecule has 2 aromatic heterocycles. The van der Waals surface area contributed by atoms with Gasteiger partial charge in [-0.3, -0.25) is 4.98 Å². The lowest BCUT2D eigenvalue weighted by molar-refractivity contribution is -0.158. The highest BCUT2D eigenvalue weighted by Crippen LogP contribution is 2.27. The average Bonchev–Trinajstić information content (AvgIpc) is 3.02. The van der Waals surface area contributed by atoms with Gasteiger partial charge < -0.3 is 19.7 Å². The largest absolute Gasteiger partial charge is 0.479 e. The van der Waals surface area contributed by atoms with Crippen LogP contribution in [0.4, 0.5) is 0 Å². The van der Waals surface area contributed by atoms with Crippen LogP contribution in [-0.4, -0.2) is 50.0 Å². The molecular formula is C18H25NO5S. The molecule has 2 unspecified atom stereocenters. The van der Waals surface area contributed by atoms with Gasteiger partial charge in [0.1, 0.15) is 11.3 Å². The van der Waals surface area contributed by atoms with Crippen LogP contribution in [-0.2, 0) is 17.6 Å². The summed E-state index contributed by atoms with van der Waals surface area (Å²) in [6.07, 6.45) is 5.02. The maximum Gasteiger partial charge on any atom is 0.336 e. The van der Waals surface area contributed by atoms with Crippen molar-refractivity contribution in [3.63, 3.8) is 0 Å². The number of fused-ring (bicyclic) bond motifs is 1. The number of aromatic nitrogens is 1. The molecule has 7 heteroatoms. The molecular weight excluding hydrogens is 342 g/mol. The van der Waals surface area contributed by atoms with Crippen molar-refractivity contribution >= 4 is 28.7 Å². The van der Waals surface area contributed by atoms with Gasteiger partial charge >= 0.3 is 5.97 Å². The van der Waals surface area contributed by atoms with Crippen LogP contribution in [0.1, 0.15) is 37.6 Å². The molecule has 0 aliphatic carbocycles. The van der Waals surface area contributed by atoms with E-state index in [1.165, 1.54) is 11.8 Å². The number of aliphatic hydroxyl groups is 2. The highest BCUT2D eigenvalue weighted by molar-refractivity contribution is 7.98. The van der Waals surface area contributed by atoms with E-state index in [0.29, 0.717) is 41.7 Å². The van der Waals surface area contributed by atoms with Gasteiger partial charge in [0.2, 0.25) is 0 Å². The normalized spacial score (nSPS) is 15.2. The van der Waals surface area contributed by atoms with Crippen molar-refractivity contribution in [1.29, 1.82) is 0 Å². The summed E-state index contributed by atoms with van der Waals surface area (Å²) in [6, 6.07) is 3.55. The van der Waals surface area contributed by atoms with Gasteiger partial charge in [-0.05, 0) is 43.4 Å². The second-order valence-corrected chi connectivity index (χ2v) is 7.22. The van der Waals surface area contributed by atoms with E-state index in [9.17, 15) is 20.1 Å². The van der Waals surface area contributed by atoms with Crippen molar-refractivity contribution in [3.8, 4) is 0 Å².